The van der Waals surface area contributed by atoms with Crippen molar-refractivity contribution >= 4 is 0 Å². The molecule has 1 aromatic heterocycles. The van der Waals surface area contributed by atoms with Crippen LogP contribution in [0.1, 0.15) is 37.8 Å². The Morgan fingerprint density at radius 1 is 1.24 bits per heavy atom. The maximum atomic E-state index is 5.54. The van der Waals surface area contributed by atoms with Crippen molar-refractivity contribution < 1.29 is 4.74 Å². The topological polar surface area (TPSA) is 42.3 Å². The van der Waals surface area contributed by atoms with Crippen molar-refractivity contribution in [2.24, 2.45) is 7.05 Å². The standard InChI is InChI=1S/C16H28N4O/c1-19-14-18-12-15(19)11-17-13-16(5-3-2-4-6-16)20-7-9-21-10-8-20/h12,14,17H,2-11,13H2,1H3. The average molecular weight is 292 g/mol. The van der Waals surface area contributed by atoms with Crippen LogP contribution in [0.3, 0.4) is 0 Å². The lowest BCUT2D eigenvalue weighted by molar-refractivity contribution is -0.0369. The molecule has 0 aromatic carbocycles. The summed E-state index contributed by atoms with van der Waals surface area (Å²) >= 11 is 0. The van der Waals surface area contributed by atoms with Crippen LogP contribution in [-0.4, -0.2) is 52.8 Å². The van der Waals surface area contributed by atoms with E-state index in [0.29, 0.717) is 5.54 Å². The largest absolute Gasteiger partial charge is 0.379 e. The highest BCUT2D eigenvalue weighted by Gasteiger charge is 2.38. The van der Waals surface area contributed by atoms with Crippen molar-refractivity contribution in [2.75, 3.05) is 32.8 Å². The fourth-order valence-corrected chi connectivity index (χ4v) is 3.83. The van der Waals surface area contributed by atoms with Gasteiger partial charge in [0.15, 0.2) is 0 Å². The normalized spacial score (nSPS) is 23.3. The summed E-state index contributed by atoms with van der Waals surface area (Å²) in [4.78, 5) is 6.88. The zero-order valence-electron chi connectivity index (χ0n) is 13.2. The van der Waals surface area contributed by atoms with Crippen LogP contribution >= 0.6 is 0 Å². The van der Waals surface area contributed by atoms with E-state index >= 15 is 0 Å². The lowest BCUT2D eigenvalue weighted by Crippen LogP contribution is -2.59. The van der Waals surface area contributed by atoms with E-state index in [4.69, 9.17) is 4.74 Å². The van der Waals surface area contributed by atoms with Crippen LogP contribution in [0.2, 0.25) is 0 Å². The van der Waals surface area contributed by atoms with Gasteiger partial charge in [0.1, 0.15) is 0 Å². The third kappa shape index (κ3) is 3.47. The minimum absolute atomic E-state index is 0.348. The Balaban J connectivity index is 1.60. The summed E-state index contributed by atoms with van der Waals surface area (Å²) < 4.78 is 7.63. The number of hydrogen-bond donors (Lipinski definition) is 1. The molecule has 1 aromatic rings. The fraction of sp³-hybridized carbons (Fsp3) is 0.812. The highest BCUT2D eigenvalue weighted by molar-refractivity contribution is 5.00. The Bertz CT molecular complexity index is 433. The third-order valence-corrected chi connectivity index (χ3v) is 5.14. The Labute approximate surface area is 127 Å². The summed E-state index contributed by atoms with van der Waals surface area (Å²) in [7, 11) is 2.06. The molecule has 0 radical (unpaired) electrons. The first kappa shape index (κ1) is 15.0. The minimum atomic E-state index is 0.348. The van der Waals surface area contributed by atoms with Crippen LogP contribution in [0.4, 0.5) is 0 Å². The second kappa shape index (κ2) is 6.90. The smallest absolute Gasteiger partial charge is 0.0945 e. The molecule has 1 saturated carbocycles. The van der Waals surface area contributed by atoms with E-state index in [-0.39, 0.29) is 0 Å². The summed E-state index contributed by atoms with van der Waals surface area (Å²) in [5.74, 6) is 0. The van der Waals surface area contributed by atoms with E-state index in [2.05, 4.69) is 26.8 Å². The van der Waals surface area contributed by atoms with Gasteiger partial charge in [0.05, 0.1) is 25.2 Å². The molecule has 21 heavy (non-hydrogen) atoms. The van der Waals surface area contributed by atoms with Crippen LogP contribution in [0.25, 0.3) is 0 Å². The Morgan fingerprint density at radius 3 is 2.67 bits per heavy atom. The van der Waals surface area contributed by atoms with Gasteiger partial charge in [-0.2, -0.15) is 0 Å². The number of hydrogen-bond acceptors (Lipinski definition) is 4. The number of nitrogens with one attached hydrogen (secondary N) is 1. The summed E-state index contributed by atoms with van der Waals surface area (Å²) in [6.45, 7) is 5.95. The van der Waals surface area contributed by atoms with E-state index in [1.54, 1.807) is 0 Å². The minimum Gasteiger partial charge on any atom is -0.379 e. The van der Waals surface area contributed by atoms with Gasteiger partial charge in [0.2, 0.25) is 0 Å². The summed E-state index contributed by atoms with van der Waals surface area (Å²) in [6, 6.07) is 0. The number of ether oxygens (including phenoxy) is 1. The number of aryl methyl sites for hydroxylation is 1. The first-order valence-corrected chi connectivity index (χ1v) is 8.29. The molecular formula is C16H28N4O. The molecule has 0 unspecified atom stereocenters. The third-order valence-electron chi connectivity index (χ3n) is 5.14. The second-order valence-corrected chi connectivity index (χ2v) is 6.48. The SMILES string of the molecule is Cn1cncc1CNCC1(N2CCOCC2)CCCCC1. The van der Waals surface area contributed by atoms with E-state index < -0.39 is 0 Å². The van der Waals surface area contributed by atoms with Gasteiger partial charge in [0.25, 0.3) is 0 Å². The maximum Gasteiger partial charge on any atom is 0.0945 e. The summed E-state index contributed by atoms with van der Waals surface area (Å²) in [5, 5.41) is 3.69. The molecule has 118 valence electrons. The number of nitrogens with zero attached hydrogens (tertiary/aromatic N) is 3. The van der Waals surface area contributed by atoms with Crippen molar-refractivity contribution in [3.8, 4) is 0 Å². The summed E-state index contributed by atoms with van der Waals surface area (Å²) in [6.07, 6.45) is 10.6. The quantitative estimate of drug-likeness (QED) is 0.894. The molecule has 0 atom stereocenters. The Kier molecular flexibility index (Phi) is 4.93. The van der Waals surface area contributed by atoms with Crippen LogP contribution in [0.15, 0.2) is 12.5 Å². The van der Waals surface area contributed by atoms with Gasteiger partial charge in [-0.3, -0.25) is 4.90 Å². The summed E-state index contributed by atoms with van der Waals surface area (Å²) in [5.41, 5.74) is 1.60. The van der Waals surface area contributed by atoms with Gasteiger partial charge in [-0.05, 0) is 12.8 Å². The lowest BCUT2D eigenvalue weighted by Gasteiger charge is -2.48. The van der Waals surface area contributed by atoms with E-state index in [1.807, 2.05) is 12.5 Å². The zero-order valence-corrected chi connectivity index (χ0v) is 13.2. The van der Waals surface area contributed by atoms with E-state index in [0.717, 1.165) is 39.4 Å². The van der Waals surface area contributed by atoms with Crippen molar-refractivity contribution in [1.82, 2.24) is 19.8 Å². The van der Waals surface area contributed by atoms with Gasteiger partial charge >= 0.3 is 0 Å². The molecule has 2 fully saturated rings. The molecule has 3 rings (SSSR count). The van der Waals surface area contributed by atoms with Gasteiger partial charge in [-0.1, -0.05) is 19.3 Å². The fourth-order valence-electron chi connectivity index (χ4n) is 3.83. The maximum absolute atomic E-state index is 5.54. The lowest BCUT2D eigenvalue weighted by atomic mass is 9.79. The molecule has 2 heterocycles. The first-order valence-electron chi connectivity index (χ1n) is 8.29. The van der Waals surface area contributed by atoms with Crippen LogP contribution in [0, 0.1) is 0 Å². The molecule has 1 aliphatic carbocycles. The van der Waals surface area contributed by atoms with Crippen LogP contribution in [-0.2, 0) is 18.3 Å². The number of aromatic nitrogens is 2. The number of morpholine rings is 1. The molecule has 5 nitrogen and oxygen atoms in total. The zero-order chi connectivity index (χ0) is 14.5. The molecule has 1 N–H and O–H groups in total. The van der Waals surface area contributed by atoms with Crippen molar-refractivity contribution in [2.45, 2.75) is 44.2 Å². The molecule has 1 saturated heterocycles. The van der Waals surface area contributed by atoms with Crippen LogP contribution in [0.5, 0.6) is 0 Å². The van der Waals surface area contributed by atoms with Crippen molar-refractivity contribution in [1.29, 1.82) is 0 Å². The van der Waals surface area contributed by atoms with Crippen molar-refractivity contribution in [3.63, 3.8) is 0 Å². The average Bonchev–Trinajstić information content (AvgIpc) is 2.95. The van der Waals surface area contributed by atoms with Gasteiger partial charge in [-0.15, -0.1) is 0 Å². The van der Waals surface area contributed by atoms with E-state index in [9.17, 15) is 0 Å². The van der Waals surface area contributed by atoms with Crippen LogP contribution < -0.4 is 5.32 Å². The van der Waals surface area contributed by atoms with Gasteiger partial charge in [-0.25, -0.2) is 4.98 Å². The van der Waals surface area contributed by atoms with Gasteiger partial charge < -0.3 is 14.6 Å². The second-order valence-electron chi connectivity index (χ2n) is 6.48. The monoisotopic (exact) mass is 292 g/mol. The predicted octanol–water partition coefficient (Wildman–Crippen LogP) is 1.54. The number of imidazole rings is 1. The molecule has 0 spiro atoms. The first-order chi connectivity index (χ1) is 10.3. The van der Waals surface area contributed by atoms with E-state index in [1.165, 1.54) is 37.8 Å². The molecule has 2 aliphatic rings. The highest BCUT2D eigenvalue weighted by Crippen LogP contribution is 2.33. The predicted molar refractivity (Wildman–Crippen MR) is 83.1 cm³/mol. The Morgan fingerprint density at radius 2 is 2.00 bits per heavy atom. The highest BCUT2D eigenvalue weighted by atomic mass is 16.5. The number of rotatable bonds is 5. The van der Waals surface area contributed by atoms with Crippen molar-refractivity contribution in [3.05, 3.63) is 18.2 Å². The molecule has 0 bridgehead atoms. The molecule has 5 heteroatoms. The molecule has 1 aliphatic heterocycles. The van der Waals surface area contributed by atoms with Gasteiger partial charge in [0, 0.05) is 45.0 Å². The Hall–Kier alpha value is -0.910. The molecule has 0 amide bonds. The molecular weight excluding hydrogens is 264 g/mol.